The summed E-state index contributed by atoms with van der Waals surface area (Å²) in [4.78, 5) is 11.8. The number of rotatable bonds is 5. The van der Waals surface area contributed by atoms with E-state index < -0.39 is 0 Å². The summed E-state index contributed by atoms with van der Waals surface area (Å²) in [7, 11) is 1.61. The second kappa shape index (κ2) is 6.90. The maximum absolute atomic E-state index is 13.3. The molecule has 5 heteroatoms. The van der Waals surface area contributed by atoms with Crippen LogP contribution in [-0.4, -0.2) is 25.7 Å². The largest absolute Gasteiger partial charge is 0.385 e. The standard InChI is InChI=1S/C12H15FINO2/c1-8(5-6-17-2)15-12(16)9-3-4-11(14)10(13)7-9/h3-4,7-8H,5-6H2,1-2H3,(H,15,16). The molecule has 1 aromatic rings. The maximum atomic E-state index is 13.3. The van der Waals surface area contributed by atoms with Crippen molar-refractivity contribution in [1.29, 1.82) is 0 Å². The first-order valence-electron chi connectivity index (χ1n) is 5.29. The fraction of sp³-hybridized carbons (Fsp3) is 0.417. The third-order valence-corrected chi connectivity index (χ3v) is 3.19. The Bertz CT molecular complexity index is 398. The first-order valence-corrected chi connectivity index (χ1v) is 6.37. The molecule has 0 bridgehead atoms. The molecule has 0 saturated carbocycles. The van der Waals surface area contributed by atoms with Crippen LogP contribution in [0.2, 0.25) is 0 Å². The van der Waals surface area contributed by atoms with Gasteiger partial charge in [0.05, 0.1) is 0 Å². The van der Waals surface area contributed by atoms with Gasteiger partial charge in [-0.15, -0.1) is 0 Å². The fourth-order valence-corrected chi connectivity index (χ4v) is 1.65. The molecule has 1 unspecified atom stereocenters. The molecule has 94 valence electrons. The van der Waals surface area contributed by atoms with Crippen LogP contribution < -0.4 is 5.32 Å². The van der Waals surface area contributed by atoms with Gasteiger partial charge in [0.1, 0.15) is 5.82 Å². The molecule has 0 heterocycles. The van der Waals surface area contributed by atoms with Crippen LogP contribution in [0.5, 0.6) is 0 Å². The first kappa shape index (κ1) is 14.4. The number of hydrogen-bond donors (Lipinski definition) is 1. The van der Waals surface area contributed by atoms with Gasteiger partial charge in [-0.3, -0.25) is 4.79 Å². The zero-order chi connectivity index (χ0) is 12.8. The molecule has 0 aliphatic carbocycles. The van der Waals surface area contributed by atoms with Crippen LogP contribution in [0.4, 0.5) is 4.39 Å². The third kappa shape index (κ3) is 4.59. The Morgan fingerprint density at radius 1 is 1.59 bits per heavy atom. The van der Waals surface area contributed by atoms with Gasteiger partial charge in [0.2, 0.25) is 0 Å². The number of hydrogen-bond acceptors (Lipinski definition) is 2. The number of amides is 1. The average molecular weight is 351 g/mol. The molecule has 0 aliphatic rings. The molecule has 17 heavy (non-hydrogen) atoms. The normalized spacial score (nSPS) is 12.2. The molecule has 0 fully saturated rings. The molecule has 0 spiro atoms. The second-order valence-corrected chi connectivity index (χ2v) is 4.95. The van der Waals surface area contributed by atoms with Crippen molar-refractivity contribution in [3.8, 4) is 0 Å². The minimum atomic E-state index is -0.372. The highest BCUT2D eigenvalue weighted by atomic mass is 127. The van der Waals surface area contributed by atoms with Crippen molar-refractivity contribution >= 4 is 28.5 Å². The van der Waals surface area contributed by atoms with Crippen LogP contribution in [-0.2, 0) is 4.74 Å². The number of benzene rings is 1. The van der Waals surface area contributed by atoms with Crippen molar-refractivity contribution in [1.82, 2.24) is 5.32 Å². The van der Waals surface area contributed by atoms with Crippen LogP contribution in [0.3, 0.4) is 0 Å². The molecule has 3 nitrogen and oxygen atoms in total. The summed E-state index contributed by atoms with van der Waals surface area (Å²) in [6.07, 6.45) is 0.731. The van der Waals surface area contributed by atoms with Crippen molar-refractivity contribution in [2.45, 2.75) is 19.4 Å². The lowest BCUT2D eigenvalue weighted by molar-refractivity contribution is 0.0929. The quantitative estimate of drug-likeness (QED) is 0.829. The summed E-state index contributed by atoms with van der Waals surface area (Å²) in [5.74, 6) is -0.633. The van der Waals surface area contributed by atoms with E-state index in [0.717, 1.165) is 6.42 Å². The summed E-state index contributed by atoms with van der Waals surface area (Å²) in [6.45, 7) is 2.47. The van der Waals surface area contributed by atoms with Gasteiger partial charge in [-0.25, -0.2) is 4.39 Å². The average Bonchev–Trinajstić information content (AvgIpc) is 2.30. The van der Waals surface area contributed by atoms with Crippen molar-refractivity contribution < 1.29 is 13.9 Å². The van der Waals surface area contributed by atoms with Gasteiger partial charge >= 0.3 is 0 Å². The molecule has 0 saturated heterocycles. The lowest BCUT2D eigenvalue weighted by Gasteiger charge is -2.13. The van der Waals surface area contributed by atoms with E-state index in [-0.39, 0.29) is 17.8 Å². The Labute approximate surface area is 114 Å². The summed E-state index contributed by atoms with van der Waals surface area (Å²) >= 11 is 1.88. The molecule has 1 N–H and O–H groups in total. The summed E-state index contributed by atoms with van der Waals surface area (Å²) < 4.78 is 18.7. The van der Waals surface area contributed by atoms with E-state index in [1.807, 2.05) is 29.5 Å². The van der Waals surface area contributed by atoms with Gasteiger partial charge in [0.25, 0.3) is 5.91 Å². The minimum Gasteiger partial charge on any atom is -0.385 e. The monoisotopic (exact) mass is 351 g/mol. The summed E-state index contributed by atoms with van der Waals surface area (Å²) in [5, 5.41) is 2.79. The highest BCUT2D eigenvalue weighted by molar-refractivity contribution is 14.1. The number of ether oxygens (including phenoxy) is 1. The molecule has 0 aromatic heterocycles. The van der Waals surface area contributed by atoms with Crippen molar-refractivity contribution in [2.75, 3.05) is 13.7 Å². The van der Waals surface area contributed by atoms with Crippen molar-refractivity contribution in [3.05, 3.63) is 33.1 Å². The topological polar surface area (TPSA) is 38.3 Å². The van der Waals surface area contributed by atoms with E-state index in [9.17, 15) is 9.18 Å². The van der Waals surface area contributed by atoms with Crippen molar-refractivity contribution in [2.24, 2.45) is 0 Å². The molecule has 1 aromatic carbocycles. The predicted molar refractivity (Wildman–Crippen MR) is 72.5 cm³/mol. The van der Waals surface area contributed by atoms with Gasteiger partial charge in [-0.1, -0.05) is 0 Å². The fourth-order valence-electron chi connectivity index (χ4n) is 1.31. The second-order valence-electron chi connectivity index (χ2n) is 3.78. The molecule has 0 radical (unpaired) electrons. The van der Waals surface area contributed by atoms with Crippen molar-refractivity contribution in [3.63, 3.8) is 0 Å². The van der Waals surface area contributed by atoms with E-state index in [4.69, 9.17) is 4.74 Å². The van der Waals surface area contributed by atoms with Gasteiger partial charge in [0, 0.05) is 28.9 Å². The van der Waals surface area contributed by atoms with Crippen LogP contribution in [0.15, 0.2) is 18.2 Å². The SMILES string of the molecule is COCCC(C)NC(=O)c1ccc(I)c(F)c1. The Kier molecular flexibility index (Phi) is 5.84. The van der Waals surface area contributed by atoms with Gasteiger partial charge in [-0.05, 0) is 54.1 Å². The van der Waals surface area contributed by atoms with Gasteiger partial charge in [-0.2, -0.15) is 0 Å². The number of methoxy groups -OCH3 is 1. The number of carbonyl (C=O) groups excluding carboxylic acids is 1. The minimum absolute atomic E-state index is 0.00443. The lowest BCUT2D eigenvalue weighted by atomic mass is 10.2. The number of nitrogens with one attached hydrogen (secondary N) is 1. The van der Waals surface area contributed by atoms with Crippen LogP contribution >= 0.6 is 22.6 Å². The Morgan fingerprint density at radius 2 is 2.29 bits per heavy atom. The molecule has 1 amide bonds. The van der Waals surface area contributed by atoms with Crippen LogP contribution in [0.25, 0.3) is 0 Å². The molecular weight excluding hydrogens is 336 g/mol. The predicted octanol–water partition coefficient (Wildman–Crippen LogP) is 2.59. The Hall–Kier alpha value is -0.690. The highest BCUT2D eigenvalue weighted by Gasteiger charge is 2.11. The first-order chi connectivity index (χ1) is 8.04. The van der Waals surface area contributed by atoms with Gasteiger partial charge in [0.15, 0.2) is 0 Å². The Balaban J connectivity index is 2.60. The van der Waals surface area contributed by atoms with E-state index in [1.54, 1.807) is 19.2 Å². The third-order valence-electron chi connectivity index (χ3n) is 2.31. The van der Waals surface area contributed by atoms with Crippen LogP contribution in [0, 0.1) is 9.39 Å². The Morgan fingerprint density at radius 3 is 2.88 bits per heavy atom. The molecular formula is C12H15FINO2. The molecule has 1 atom stereocenters. The summed E-state index contributed by atoms with van der Waals surface area (Å²) in [6, 6.07) is 4.46. The lowest BCUT2D eigenvalue weighted by Crippen LogP contribution is -2.33. The van der Waals surface area contributed by atoms with Crippen LogP contribution in [0.1, 0.15) is 23.7 Å². The van der Waals surface area contributed by atoms with E-state index in [2.05, 4.69) is 5.32 Å². The van der Waals surface area contributed by atoms with E-state index in [1.165, 1.54) is 6.07 Å². The smallest absolute Gasteiger partial charge is 0.251 e. The zero-order valence-electron chi connectivity index (χ0n) is 9.80. The highest BCUT2D eigenvalue weighted by Crippen LogP contribution is 2.12. The number of halogens is 2. The van der Waals surface area contributed by atoms with Gasteiger partial charge < -0.3 is 10.1 Å². The van der Waals surface area contributed by atoms with E-state index >= 15 is 0 Å². The molecule has 0 aliphatic heterocycles. The summed E-state index contributed by atoms with van der Waals surface area (Å²) in [5.41, 5.74) is 0.340. The number of carbonyl (C=O) groups is 1. The molecule has 1 rings (SSSR count). The maximum Gasteiger partial charge on any atom is 0.251 e. The van der Waals surface area contributed by atoms with E-state index in [0.29, 0.717) is 15.7 Å². The zero-order valence-corrected chi connectivity index (χ0v) is 12.0.